The van der Waals surface area contributed by atoms with Gasteiger partial charge in [-0.3, -0.25) is 0 Å². The zero-order valence-electron chi connectivity index (χ0n) is 11.6. The van der Waals surface area contributed by atoms with Crippen LogP contribution in [0, 0.1) is 13.8 Å². The van der Waals surface area contributed by atoms with Gasteiger partial charge in [-0.2, -0.15) is 0 Å². The first kappa shape index (κ1) is 14.5. The number of hydrogen-bond acceptors (Lipinski definition) is 1. The lowest BCUT2D eigenvalue weighted by Crippen LogP contribution is -2.31. The van der Waals surface area contributed by atoms with Gasteiger partial charge >= 0.3 is 6.03 Å². The van der Waals surface area contributed by atoms with Crippen LogP contribution < -0.4 is 10.6 Å². The summed E-state index contributed by atoms with van der Waals surface area (Å²) in [5.74, 6) is 0. The fraction of sp³-hybridized carbons (Fsp3) is 0.267. The third kappa shape index (κ3) is 3.78. The Hall–Kier alpha value is -1.94. The molecule has 0 saturated heterocycles. The summed E-state index contributed by atoms with van der Waals surface area (Å²) in [5, 5.41) is 6.18. The zero-order valence-corrected chi connectivity index (χ0v) is 12.4. The molecule has 2 amide bonds. The van der Waals surface area contributed by atoms with Crippen LogP contribution in [0.25, 0.3) is 0 Å². The Morgan fingerprint density at radius 3 is 2.55 bits per heavy atom. The Bertz CT molecular complexity index is 587. The largest absolute Gasteiger partial charge is 0.347 e. The zero-order chi connectivity index (χ0) is 14.5. The summed E-state index contributed by atoms with van der Waals surface area (Å²) in [6.07, 6.45) is 0. The number of aromatic nitrogens is 1. The van der Waals surface area contributed by atoms with Gasteiger partial charge in [0.2, 0.25) is 0 Å². The predicted molar refractivity (Wildman–Crippen MR) is 82.4 cm³/mol. The lowest BCUT2D eigenvalue weighted by Gasteiger charge is -2.11. The highest BCUT2D eigenvalue weighted by atomic mass is 35.5. The minimum Gasteiger partial charge on any atom is -0.347 e. The van der Waals surface area contributed by atoms with Crippen molar-refractivity contribution in [2.24, 2.45) is 0 Å². The summed E-state index contributed by atoms with van der Waals surface area (Å²) in [6.45, 7) is 5.44. The van der Waals surface area contributed by atoms with Crippen LogP contribution in [0.2, 0.25) is 5.02 Å². The van der Waals surface area contributed by atoms with Gasteiger partial charge in [0.15, 0.2) is 0 Å². The molecule has 0 radical (unpaired) electrons. The summed E-state index contributed by atoms with van der Waals surface area (Å²) < 4.78 is 2.17. The molecule has 0 spiro atoms. The molecule has 1 aromatic carbocycles. The molecule has 0 aliphatic heterocycles. The first-order valence-corrected chi connectivity index (χ1v) is 6.87. The number of carbonyl (C=O) groups excluding carboxylic acids is 1. The van der Waals surface area contributed by atoms with Gasteiger partial charge in [-0.15, -0.1) is 0 Å². The van der Waals surface area contributed by atoms with Crippen molar-refractivity contribution in [2.45, 2.75) is 20.4 Å². The number of anilines is 1. The quantitative estimate of drug-likeness (QED) is 0.888. The fourth-order valence-electron chi connectivity index (χ4n) is 2.07. The summed E-state index contributed by atoms with van der Waals surface area (Å²) in [6, 6.07) is 11.0. The van der Waals surface area contributed by atoms with Gasteiger partial charge in [-0.1, -0.05) is 17.7 Å². The highest BCUT2D eigenvalue weighted by Gasteiger charge is 2.03. The van der Waals surface area contributed by atoms with E-state index in [1.165, 1.54) is 11.4 Å². The molecule has 0 aliphatic carbocycles. The number of hydrogen-bond donors (Lipinski definition) is 2. The molecule has 2 aromatic rings. The normalized spacial score (nSPS) is 10.3. The maximum absolute atomic E-state index is 11.7. The first-order valence-electron chi connectivity index (χ1n) is 6.49. The van der Waals surface area contributed by atoms with Crippen molar-refractivity contribution in [1.29, 1.82) is 0 Å². The molecule has 1 heterocycles. The van der Waals surface area contributed by atoms with Crippen LogP contribution in [0.3, 0.4) is 0 Å². The van der Waals surface area contributed by atoms with Crippen LogP contribution in [0.5, 0.6) is 0 Å². The van der Waals surface area contributed by atoms with Crippen molar-refractivity contribution >= 4 is 23.3 Å². The van der Waals surface area contributed by atoms with E-state index in [-0.39, 0.29) is 6.03 Å². The monoisotopic (exact) mass is 291 g/mol. The molecule has 2 rings (SSSR count). The molecule has 0 fully saturated rings. The van der Waals surface area contributed by atoms with Crippen molar-refractivity contribution in [3.8, 4) is 0 Å². The number of aryl methyl sites for hydroxylation is 2. The second kappa shape index (κ2) is 6.48. The summed E-state index contributed by atoms with van der Waals surface area (Å²) in [5.41, 5.74) is 3.07. The molecule has 0 atom stereocenters. The first-order chi connectivity index (χ1) is 9.56. The van der Waals surface area contributed by atoms with E-state index in [1.54, 1.807) is 24.3 Å². The van der Waals surface area contributed by atoms with E-state index in [4.69, 9.17) is 11.6 Å². The van der Waals surface area contributed by atoms with Gasteiger partial charge in [0, 0.05) is 35.2 Å². The topological polar surface area (TPSA) is 46.1 Å². The van der Waals surface area contributed by atoms with E-state index in [1.807, 2.05) is 0 Å². The number of benzene rings is 1. The summed E-state index contributed by atoms with van der Waals surface area (Å²) in [7, 11) is 0. The van der Waals surface area contributed by atoms with Gasteiger partial charge in [0.25, 0.3) is 0 Å². The number of rotatable bonds is 4. The molecule has 5 heteroatoms. The number of nitrogens with one attached hydrogen (secondary N) is 2. The maximum atomic E-state index is 11.7. The van der Waals surface area contributed by atoms with Crippen LogP contribution in [-0.4, -0.2) is 17.1 Å². The minimum absolute atomic E-state index is 0.227. The number of halogens is 1. The second-order valence-electron chi connectivity index (χ2n) is 4.66. The summed E-state index contributed by atoms with van der Waals surface area (Å²) in [4.78, 5) is 11.7. The maximum Gasteiger partial charge on any atom is 0.319 e. The molecular formula is C15H18ClN3O. The Morgan fingerprint density at radius 1 is 1.20 bits per heavy atom. The van der Waals surface area contributed by atoms with Crippen molar-refractivity contribution in [1.82, 2.24) is 9.88 Å². The highest BCUT2D eigenvalue weighted by Crippen LogP contribution is 2.14. The van der Waals surface area contributed by atoms with E-state index in [0.29, 0.717) is 17.3 Å². The third-order valence-corrected chi connectivity index (χ3v) is 3.36. The van der Waals surface area contributed by atoms with E-state index in [9.17, 15) is 4.79 Å². The highest BCUT2D eigenvalue weighted by molar-refractivity contribution is 6.30. The smallest absolute Gasteiger partial charge is 0.319 e. The van der Waals surface area contributed by atoms with Crippen molar-refractivity contribution in [3.63, 3.8) is 0 Å². The van der Waals surface area contributed by atoms with Crippen LogP contribution >= 0.6 is 11.6 Å². The molecule has 0 saturated carbocycles. The molecule has 2 N–H and O–H groups in total. The molecule has 1 aromatic heterocycles. The Kier molecular flexibility index (Phi) is 4.69. The average Bonchev–Trinajstić information content (AvgIpc) is 2.70. The number of carbonyl (C=O) groups is 1. The Morgan fingerprint density at radius 2 is 1.90 bits per heavy atom. The molecule has 4 nitrogen and oxygen atoms in total. The number of urea groups is 1. The van der Waals surface area contributed by atoms with Gasteiger partial charge in [-0.05, 0) is 44.2 Å². The van der Waals surface area contributed by atoms with Crippen LogP contribution in [0.1, 0.15) is 11.4 Å². The number of nitrogens with zero attached hydrogens (tertiary/aromatic N) is 1. The standard InChI is InChI=1S/C15H18ClN3O/c1-11-6-7-12(2)19(11)9-8-17-15(20)18-14-5-3-4-13(16)10-14/h3-7,10H,8-9H2,1-2H3,(H2,17,18,20). The number of amides is 2. The van der Waals surface area contributed by atoms with Gasteiger partial charge < -0.3 is 15.2 Å². The lowest BCUT2D eigenvalue weighted by atomic mass is 10.3. The van der Waals surface area contributed by atoms with Gasteiger partial charge in [-0.25, -0.2) is 4.79 Å². The van der Waals surface area contributed by atoms with E-state index in [0.717, 1.165) is 6.54 Å². The van der Waals surface area contributed by atoms with Crippen LogP contribution in [-0.2, 0) is 6.54 Å². The van der Waals surface area contributed by atoms with E-state index >= 15 is 0 Å². The van der Waals surface area contributed by atoms with Crippen molar-refractivity contribution in [2.75, 3.05) is 11.9 Å². The van der Waals surface area contributed by atoms with Crippen molar-refractivity contribution in [3.05, 3.63) is 52.8 Å². The molecule has 0 bridgehead atoms. The fourth-order valence-corrected chi connectivity index (χ4v) is 2.27. The molecular weight excluding hydrogens is 274 g/mol. The van der Waals surface area contributed by atoms with Gasteiger partial charge in [0.1, 0.15) is 0 Å². The SMILES string of the molecule is Cc1ccc(C)n1CCNC(=O)Nc1cccc(Cl)c1. The van der Waals surface area contributed by atoms with Crippen LogP contribution in [0.15, 0.2) is 36.4 Å². The lowest BCUT2D eigenvalue weighted by molar-refractivity contribution is 0.251. The average molecular weight is 292 g/mol. The van der Waals surface area contributed by atoms with E-state index in [2.05, 4.69) is 41.2 Å². The molecule has 106 valence electrons. The van der Waals surface area contributed by atoms with Crippen LogP contribution in [0.4, 0.5) is 10.5 Å². The van der Waals surface area contributed by atoms with Crippen molar-refractivity contribution < 1.29 is 4.79 Å². The third-order valence-electron chi connectivity index (χ3n) is 3.12. The van der Waals surface area contributed by atoms with Gasteiger partial charge in [0.05, 0.1) is 0 Å². The second-order valence-corrected chi connectivity index (χ2v) is 5.10. The molecule has 0 unspecified atom stereocenters. The van der Waals surface area contributed by atoms with E-state index < -0.39 is 0 Å². The summed E-state index contributed by atoms with van der Waals surface area (Å²) >= 11 is 5.86. The Labute approximate surface area is 123 Å². The Balaban J connectivity index is 1.81. The molecule has 0 aliphatic rings. The molecule has 20 heavy (non-hydrogen) atoms. The minimum atomic E-state index is -0.227. The predicted octanol–water partition coefficient (Wildman–Crippen LogP) is 3.58.